The lowest BCUT2D eigenvalue weighted by Gasteiger charge is -2.28. The van der Waals surface area contributed by atoms with E-state index in [0.717, 1.165) is 25.7 Å². The van der Waals surface area contributed by atoms with Crippen LogP contribution in [-0.2, 0) is 14.3 Å². The van der Waals surface area contributed by atoms with E-state index in [1.165, 1.54) is 0 Å². The standard InChI is InChI=1S/C17H33NO3/c1-6-8-9-10-16(19)18(15(5)7-2)12-11-17(20)21-13-14(3)4/h14-15H,6-13H2,1-5H3. The summed E-state index contributed by atoms with van der Waals surface area (Å²) in [6.07, 6.45) is 4.89. The van der Waals surface area contributed by atoms with Crippen molar-refractivity contribution in [2.45, 2.75) is 79.2 Å². The molecule has 21 heavy (non-hydrogen) atoms. The zero-order valence-electron chi connectivity index (χ0n) is 14.5. The predicted molar refractivity (Wildman–Crippen MR) is 86.0 cm³/mol. The van der Waals surface area contributed by atoms with Gasteiger partial charge in [-0.2, -0.15) is 0 Å². The lowest BCUT2D eigenvalue weighted by Crippen LogP contribution is -2.39. The van der Waals surface area contributed by atoms with E-state index in [-0.39, 0.29) is 24.3 Å². The van der Waals surface area contributed by atoms with Crippen LogP contribution in [0.3, 0.4) is 0 Å². The Morgan fingerprint density at radius 2 is 1.71 bits per heavy atom. The number of unbranched alkanes of at least 4 members (excludes halogenated alkanes) is 2. The van der Waals surface area contributed by atoms with Crippen LogP contribution in [0.4, 0.5) is 0 Å². The number of hydrogen-bond acceptors (Lipinski definition) is 3. The second-order valence-electron chi connectivity index (χ2n) is 6.13. The number of nitrogens with zero attached hydrogens (tertiary/aromatic N) is 1. The number of carbonyl (C=O) groups is 2. The van der Waals surface area contributed by atoms with Crippen molar-refractivity contribution in [1.82, 2.24) is 4.90 Å². The van der Waals surface area contributed by atoms with Crippen LogP contribution in [0.25, 0.3) is 0 Å². The van der Waals surface area contributed by atoms with Crippen molar-refractivity contribution < 1.29 is 14.3 Å². The van der Waals surface area contributed by atoms with Crippen LogP contribution in [0, 0.1) is 5.92 Å². The average Bonchev–Trinajstić information content (AvgIpc) is 2.45. The molecule has 0 rings (SSSR count). The Kier molecular flexibility index (Phi) is 11.0. The predicted octanol–water partition coefficient (Wildman–Crippen LogP) is 3.78. The quantitative estimate of drug-likeness (QED) is 0.431. The molecule has 4 nitrogen and oxygen atoms in total. The largest absolute Gasteiger partial charge is 0.465 e. The minimum atomic E-state index is -0.210. The molecule has 1 amide bonds. The van der Waals surface area contributed by atoms with Gasteiger partial charge < -0.3 is 9.64 Å². The molecule has 0 aromatic carbocycles. The van der Waals surface area contributed by atoms with Crippen molar-refractivity contribution in [3.05, 3.63) is 0 Å². The van der Waals surface area contributed by atoms with E-state index in [2.05, 4.69) is 13.8 Å². The third-order valence-electron chi connectivity index (χ3n) is 3.57. The van der Waals surface area contributed by atoms with E-state index in [9.17, 15) is 9.59 Å². The summed E-state index contributed by atoms with van der Waals surface area (Å²) in [6, 6.07) is 0.178. The van der Waals surface area contributed by atoms with Gasteiger partial charge in [0.1, 0.15) is 0 Å². The SMILES string of the molecule is CCCCCC(=O)N(CCC(=O)OCC(C)C)C(C)CC. The first-order valence-electron chi connectivity index (χ1n) is 8.37. The first-order chi connectivity index (χ1) is 9.92. The van der Waals surface area contributed by atoms with Gasteiger partial charge in [0, 0.05) is 19.0 Å². The monoisotopic (exact) mass is 299 g/mol. The van der Waals surface area contributed by atoms with E-state index in [1.807, 2.05) is 25.7 Å². The van der Waals surface area contributed by atoms with E-state index >= 15 is 0 Å². The second-order valence-corrected chi connectivity index (χ2v) is 6.13. The minimum absolute atomic E-state index is 0.162. The maximum Gasteiger partial charge on any atom is 0.307 e. The number of amides is 1. The van der Waals surface area contributed by atoms with Crippen molar-refractivity contribution in [2.24, 2.45) is 5.92 Å². The molecule has 0 radical (unpaired) electrons. The summed E-state index contributed by atoms with van der Waals surface area (Å²) in [6.45, 7) is 11.2. The highest BCUT2D eigenvalue weighted by atomic mass is 16.5. The molecular formula is C17H33NO3. The Bertz CT molecular complexity index is 302. The molecule has 4 heteroatoms. The Hall–Kier alpha value is -1.06. The van der Waals surface area contributed by atoms with Gasteiger partial charge in [0.15, 0.2) is 0 Å². The van der Waals surface area contributed by atoms with E-state index in [4.69, 9.17) is 4.74 Å². The Morgan fingerprint density at radius 1 is 1.05 bits per heavy atom. The molecule has 0 aliphatic heterocycles. The molecule has 0 saturated carbocycles. The number of rotatable bonds is 11. The van der Waals surface area contributed by atoms with E-state index < -0.39 is 0 Å². The molecular weight excluding hydrogens is 266 g/mol. The molecule has 0 aliphatic rings. The van der Waals surface area contributed by atoms with Gasteiger partial charge in [0.2, 0.25) is 5.91 Å². The summed E-state index contributed by atoms with van der Waals surface area (Å²) in [5.41, 5.74) is 0. The summed E-state index contributed by atoms with van der Waals surface area (Å²) < 4.78 is 5.17. The van der Waals surface area contributed by atoms with E-state index in [0.29, 0.717) is 25.5 Å². The maximum absolute atomic E-state index is 12.3. The fraction of sp³-hybridized carbons (Fsp3) is 0.882. The summed E-state index contributed by atoms with van der Waals surface area (Å²) in [5.74, 6) is 0.295. The van der Waals surface area contributed by atoms with Gasteiger partial charge in [0.05, 0.1) is 13.0 Å². The summed E-state index contributed by atoms with van der Waals surface area (Å²) in [5, 5.41) is 0. The maximum atomic E-state index is 12.3. The summed E-state index contributed by atoms with van der Waals surface area (Å²) in [7, 11) is 0. The fourth-order valence-corrected chi connectivity index (χ4v) is 2.02. The van der Waals surface area contributed by atoms with Crippen molar-refractivity contribution in [1.29, 1.82) is 0 Å². The lowest BCUT2D eigenvalue weighted by molar-refractivity contribution is -0.146. The summed E-state index contributed by atoms with van der Waals surface area (Å²) >= 11 is 0. The number of carbonyl (C=O) groups excluding carboxylic acids is 2. The zero-order valence-corrected chi connectivity index (χ0v) is 14.5. The van der Waals surface area contributed by atoms with Gasteiger partial charge in [0.25, 0.3) is 0 Å². The van der Waals surface area contributed by atoms with Gasteiger partial charge in [-0.25, -0.2) is 0 Å². The molecule has 0 aliphatic carbocycles. The average molecular weight is 299 g/mol. The molecule has 0 bridgehead atoms. The minimum Gasteiger partial charge on any atom is -0.465 e. The molecule has 124 valence electrons. The van der Waals surface area contributed by atoms with Gasteiger partial charge in [-0.05, 0) is 25.7 Å². The van der Waals surface area contributed by atoms with Crippen LogP contribution in [0.5, 0.6) is 0 Å². The van der Waals surface area contributed by atoms with Gasteiger partial charge >= 0.3 is 5.97 Å². The van der Waals surface area contributed by atoms with Crippen LogP contribution in [0.1, 0.15) is 73.1 Å². The van der Waals surface area contributed by atoms with Crippen LogP contribution in [0.15, 0.2) is 0 Å². The number of ether oxygens (including phenoxy) is 1. The van der Waals surface area contributed by atoms with Crippen molar-refractivity contribution in [3.63, 3.8) is 0 Å². The van der Waals surface area contributed by atoms with Crippen LogP contribution < -0.4 is 0 Å². The first kappa shape index (κ1) is 19.9. The summed E-state index contributed by atoms with van der Waals surface area (Å²) in [4.78, 5) is 25.8. The molecule has 1 atom stereocenters. The Balaban J connectivity index is 4.29. The third-order valence-corrected chi connectivity index (χ3v) is 3.57. The fourth-order valence-electron chi connectivity index (χ4n) is 2.02. The molecule has 0 N–H and O–H groups in total. The highest BCUT2D eigenvalue weighted by Crippen LogP contribution is 2.10. The molecule has 0 aromatic rings. The molecule has 0 aromatic heterocycles. The molecule has 0 spiro atoms. The van der Waals surface area contributed by atoms with Crippen molar-refractivity contribution in [2.75, 3.05) is 13.2 Å². The second kappa shape index (κ2) is 11.6. The number of esters is 1. The smallest absolute Gasteiger partial charge is 0.307 e. The van der Waals surface area contributed by atoms with Crippen LogP contribution in [-0.4, -0.2) is 36.0 Å². The third kappa shape index (κ3) is 9.48. The zero-order chi connectivity index (χ0) is 16.3. The molecule has 0 heterocycles. The van der Waals surface area contributed by atoms with Crippen LogP contribution in [0.2, 0.25) is 0 Å². The first-order valence-corrected chi connectivity index (χ1v) is 8.37. The molecule has 0 saturated heterocycles. The lowest BCUT2D eigenvalue weighted by atomic mass is 10.1. The Labute approximate surface area is 130 Å². The Morgan fingerprint density at radius 3 is 2.24 bits per heavy atom. The highest BCUT2D eigenvalue weighted by Gasteiger charge is 2.19. The topological polar surface area (TPSA) is 46.6 Å². The normalized spacial score (nSPS) is 12.3. The molecule has 0 fully saturated rings. The van der Waals surface area contributed by atoms with E-state index in [1.54, 1.807) is 0 Å². The van der Waals surface area contributed by atoms with Gasteiger partial charge in [-0.15, -0.1) is 0 Å². The molecule has 1 unspecified atom stereocenters. The number of hydrogen-bond donors (Lipinski definition) is 0. The van der Waals surface area contributed by atoms with Gasteiger partial charge in [-0.3, -0.25) is 9.59 Å². The van der Waals surface area contributed by atoms with Crippen molar-refractivity contribution >= 4 is 11.9 Å². The van der Waals surface area contributed by atoms with Crippen LogP contribution >= 0.6 is 0 Å². The highest BCUT2D eigenvalue weighted by molar-refractivity contribution is 5.77. The van der Waals surface area contributed by atoms with Crippen molar-refractivity contribution in [3.8, 4) is 0 Å². The van der Waals surface area contributed by atoms with Gasteiger partial charge in [-0.1, -0.05) is 40.5 Å².